The Labute approximate surface area is 118 Å². The monoisotopic (exact) mass is 325 g/mol. The molecule has 0 N–H and O–H groups in total. The molecule has 1 aromatic carbocycles. The summed E-state index contributed by atoms with van der Waals surface area (Å²) in [6.45, 7) is 1.16. The lowest BCUT2D eigenvalue weighted by molar-refractivity contribution is 0.272. The van der Waals surface area contributed by atoms with E-state index in [1.807, 2.05) is 0 Å². The molecule has 4 nitrogen and oxygen atoms in total. The molecule has 0 atom stereocenters. The predicted molar refractivity (Wildman–Crippen MR) is 71.4 cm³/mol. The molecule has 0 saturated heterocycles. The second kappa shape index (κ2) is 5.28. The first-order valence-corrected chi connectivity index (χ1v) is 7.02. The molecule has 0 fully saturated rings. The van der Waals surface area contributed by atoms with Gasteiger partial charge in [-0.3, -0.25) is 0 Å². The zero-order valence-electron chi connectivity index (χ0n) is 10.3. The number of benzene rings is 1. The van der Waals surface area contributed by atoms with Crippen LogP contribution in [0, 0.1) is 5.82 Å². The zero-order valence-corrected chi connectivity index (χ0v) is 11.9. The smallest absolute Gasteiger partial charge is 0.171 e. The standard InChI is InChI=1S/C13H13BrFN3O/c14-9-4-5-10(15)11(7-9)19-8-13-17-16-12-3-1-2-6-18(12)13/h4-5,7H,1-3,6,8H2. The van der Waals surface area contributed by atoms with E-state index in [4.69, 9.17) is 4.74 Å². The highest BCUT2D eigenvalue weighted by Gasteiger charge is 2.16. The van der Waals surface area contributed by atoms with Gasteiger partial charge in [0.15, 0.2) is 17.4 Å². The Morgan fingerprint density at radius 3 is 3.11 bits per heavy atom. The highest BCUT2D eigenvalue weighted by Crippen LogP contribution is 2.23. The van der Waals surface area contributed by atoms with E-state index in [1.54, 1.807) is 12.1 Å². The first kappa shape index (κ1) is 12.6. The molecule has 0 amide bonds. The van der Waals surface area contributed by atoms with Gasteiger partial charge in [-0.1, -0.05) is 15.9 Å². The van der Waals surface area contributed by atoms with Gasteiger partial charge in [0.05, 0.1) is 0 Å². The van der Waals surface area contributed by atoms with Crippen molar-refractivity contribution in [3.05, 3.63) is 40.1 Å². The van der Waals surface area contributed by atoms with Crippen LogP contribution in [0.15, 0.2) is 22.7 Å². The Morgan fingerprint density at radius 2 is 2.21 bits per heavy atom. The molecular formula is C13H13BrFN3O. The van der Waals surface area contributed by atoms with Crippen LogP contribution in [0.3, 0.4) is 0 Å². The van der Waals surface area contributed by atoms with E-state index >= 15 is 0 Å². The van der Waals surface area contributed by atoms with E-state index in [0.717, 1.165) is 41.9 Å². The lowest BCUT2D eigenvalue weighted by Gasteiger charge is -2.15. The molecule has 0 radical (unpaired) electrons. The fourth-order valence-corrected chi connectivity index (χ4v) is 2.55. The van der Waals surface area contributed by atoms with Crippen LogP contribution >= 0.6 is 15.9 Å². The molecule has 6 heteroatoms. The molecule has 2 aromatic rings. The van der Waals surface area contributed by atoms with E-state index in [2.05, 4.69) is 30.7 Å². The van der Waals surface area contributed by atoms with Crippen LogP contribution in [0.25, 0.3) is 0 Å². The highest BCUT2D eigenvalue weighted by molar-refractivity contribution is 9.10. The molecule has 0 saturated carbocycles. The number of hydrogen-bond donors (Lipinski definition) is 0. The van der Waals surface area contributed by atoms with Gasteiger partial charge in [-0.05, 0) is 31.0 Å². The molecule has 0 unspecified atom stereocenters. The predicted octanol–water partition coefficient (Wildman–Crippen LogP) is 3.10. The Kier molecular flexibility index (Phi) is 3.50. The number of rotatable bonds is 3. The van der Waals surface area contributed by atoms with Gasteiger partial charge in [-0.2, -0.15) is 0 Å². The highest BCUT2D eigenvalue weighted by atomic mass is 79.9. The van der Waals surface area contributed by atoms with Gasteiger partial charge >= 0.3 is 0 Å². The number of ether oxygens (including phenoxy) is 1. The fraction of sp³-hybridized carbons (Fsp3) is 0.385. The number of aromatic nitrogens is 3. The van der Waals surface area contributed by atoms with Crippen LogP contribution in [0.4, 0.5) is 4.39 Å². The van der Waals surface area contributed by atoms with Gasteiger partial charge in [-0.15, -0.1) is 10.2 Å². The van der Waals surface area contributed by atoms with Crippen molar-refractivity contribution in [3.8, 4) is 5.75 Å². The van der Waals surface area contributed by atoms with Crippen LogP contribution in [-0.2, 0) is 19.6 Å². The van der Waals surface area contributed by atoms with E-state index in [1.165, 1.54) is 6.07 Å². The third-order valence-corrected chi connectivity index (χ3v) is 3.68. The van der Waals surface area contributed by atoms with Crippen molar-refractivity contribution in [2.24, 2.45) is 0 Å². The number of hydrogen-bond acceptors (Lipinski definition) is 3. The van der Waals surface area contributed by atoms with Crippen LogP contribution in [-0.4, -0.2) is 14.8 Å². The summed E-state index contributed by atoms with van der Waals surface area (Å²) >= 11 is 3.30. The Hall–Kier alpha value is -1.43. The third-order valence-electron chi connectivity index (χ3n) is 3.19. The summed E-state index contributed by atoms with van der Waals surface area (Å²) < 4.78 is 21.9. The Morgan fingerprint density at radius 1 is 1.32 bits per heavy atom. The molecule has 100 valence electrons. The van der Waals surface area contributed by atoms with Gasteiger partial charge < -0.3 is 9.30 Å². The van der Waals surface area contributed by atoms with E-state index < -0.39 is 0 Å². The first-order valence-electron chi connectivity index (χ1n) is 6.23. The van der Waals surface area contributed by atoms with Crippen molar-refractivity contribution in [2.45, 2.75) is 32.4 Å². The minimum atomic E-state index is -0.374. The molecule has 0 spiro atoms. The van der Waals surface area contributed by atoms with Crippen molar-refractivity contribution >= 4 is 15.9 Å². The maximum Gasteiger partial charge on any atom is 0.171 e. The summed E-state index contributed by atoms with van der Waals surface area (Å²) in [5.41, 5.74) is 0. The maximum atomic E-state index is 13.5. The summed E-state index contributed by atoms with van der Waals surface area (Å²) in [5, 5.41) is 8.26. The van der Waals surface area contributed by atoms with Crippen LogP contribution < -0.4 is 4.74 Å². The average Bonchev–Trinajstić information content (AvgIpc) is 2.83. The third kappa shape index (κ3) is 2.63. The topological polar surface area (TPSA) is 39.9 Å². The molecule has 1 aromatic heterocycles. The van der Waals surface area contributed by atoms with Crippen LogP contribution in [0.5, 0.6) is 5.75 Å². The van der Waals surface area contributed by atoms with Gasteiger partial charge in [0.25, 0.3) is 0 Å². The Balaban J connectivity index is 1.75. The average molecular weight is 326 g/mol. The molecule has 3 rings (SSSR count). The molecule has 2 heterocycles. The van der Waals surface area contributed by atoms with Crippen molar-refractivity contribution in [2.75, 3.05) is 0 Å². The van der Waals surface area contributed by atoms with Gasteiger partial charge in [-0.25, -0.2) is 4.39 Å². The summed E-state index contributed by atoms with van der Waals surface area (Å²) in [4.78, 5) is 0. The van der Waals surface area contributed by atoms with Crippen LogP contribution in [0.2, 0.25) is 0 Å². The SMILES string of the molecule is Fc1ccc(Br)cc1OCc1nnc2n1CCCC2. The number of halogens is 2. The quantitative estimate of drug-likeness (QED) is 0.870. The molecule has 19 heavy (non-hydrogen) atoms. The number of fused-ring (bicyclic) bond motifs is 1. The van der Waals surface area contributed by atoms with Gasteiger partial charge in [0, 0.05) is 17.4 Å². The largest absolute Gasteiger partial charge is 0.482 e. The molecule has 1 aliphatic rings. The normalized spacial score (nSPS) is 14.2. The summed E-state index contributed by atoms with van der Waals surface area (Å²) in [6, 6.07) is 4.63. The van der Waals surface area contributed by atoms with Crippen molar-refractivity contribution in [3.63, 3.8) is 0 Å². The molecular weight excluding hydrogens is 313 g/mol. The summed E-state index contributed by atoms with van der Waals surface area (Å²) in [7, 11) is 0. The Bertz CT molecular complexity index is 600. The number of nitrogens with zero attached hydrogens (tertiary/aromatic N) is 3. The second-order valence-electron chi connectivity index (χ2n) is 4.50. The maximum absolute atomic E-state index is 13.5. The van der Waals surface area contributed by atoms with Crippen molar-refractivity contribution < 1.29 is 9.13 Å². The van der Waals surface area contributed by atoms with Gasteiger partial charge in [0.1, 0.15) is 12.4 Å². The molecule has 0 aliphatic carbocycles. The molecule has 0 bridgehead atoms. The molecule has 1 aliphatic heterocycles. The summed E-state index contributed by atoms with van der Waals surface area (Å²) in [5.74, 6) is 1.61. The van der Waals surface area contributed by atoms with Gasteiger partial charge in [0.2, 0.25) is 0 Å². The van der Waals surface area contributed by atoms with E-state index in [0.29, 0.717) is 0 Å². The first-order chi connectivity index (χ1) is 9.24. The van der Waals surface area contributed by atoms with E-state index in [9.17, 15) is 4.39 Å². The van der Waals surface area contributed by atoms with Crippen molar-refractivity contribution in [1.29, 1.82) is 0 Å². The zero-order chi connectivity index (χ0) is 13.2. The minimum absolute atomic E-state index is 0.225. The van der Waals surface area contributed by atoms with E-state index in [-0.39, 0.29) is 18.2 Å². The lowest BCUT2D eigenvalue weighted by atomic mass is 10.2. The lowest BCUT2D eigenvalue weighted by Crippen LogP contribution is -2.14. The minimum Gasteiger partial charge on any atom is -0.482 e. The number of aryl methyl sites for hydroxylation is 1. The van der Waals surface area contributed by atoms with Crippen molar-refractivity contribution in [1.82, 2.24) is 14.8 Å². The summed E-state index contributed by atoms with van der Waals surface area (Å²) in [6.07, 6.45) is 3.24. The van der Waals surface area contributed by atoms with Crippen LogP contribution in [0.1, 0.15) is 24.5 Å². The second-order valence-corrected chi connectivity index (χ2v) is 5.42. The fourth-order valence-electron chi connectivity index (χ4n) is 2.21.